The van der Waals surface area contributed by atoms with Gasteiger partial charge in [-0.2, -0.15) is 0 Å². The van der Waals surface area contributed by atoms with Crippen molar-refractivity contribution in [2.75, 3.05) is 6.61 Å². The van der Waals surface area contributed by atoms with Crippen LogP contribution in [-0.4, -0.2) is 17.7 Å². The van der Waals surface area contributed by atoms with Gasteiger partial charge in [-0.15, -0.1) is 0 Å². The zero-order valence-corrected chi connectivity index (χ0v) is 13.7. The van der Waals surface area contributed by atoms with Crippen LogP contribution in [0.3, 0.4) is 0 Å². The number of ether oxygens (including phenoxy) is 1. The lowest BCUT2D eigenvalue weighted by atomic mass is 9.75. The second-order valence-corrected chi connectivity index (χ2v) is 6.45. The zero-order valence-electron chi connectivity index (χ0n) is 11.4. The lowest BCUT2D eigenvalue weighted by Gasteiger charge is -2.35. The molecule has 0 spiro atoms. The summed E-state index contributed by atoms with van der Waals surface area (Å²) in [6.45, 7) is 2.21. The van der Waals surface area contributed by atoms with E-state index in [0.29, 0.717) is 37.3 Å². The van der Waals surface area contributed by atoms with Crippen LogP contribution in [0.4, 0.5) is 0 Å². The molecule has 1 saturated carbocycles. The maximum absolute atomic E-state index is 11.7. The molecular weight excluding hydrogens is 344 g/mol. The Morgan fingerprint density at radius 1 is 1.50 bits per heavy atom. The third-order valence-corrected chi connectivity index (χ3v) is 5.12. The molecule has 5 heteroatoms. The molecule has 0 saturated heterocycles. The van der Waals surface area contributed by atoms with Gasteiger partial charge in [0.2, 0.25) is 0 Å². The van der Waals surface area contributed by atoms with Crippen LogP contribution < -0.4 is 0 Å². The maximum Gasteiger partial charge on any atom is 0.308 e. The number of carbonyl (C=O) groups is 1. The van der Waals surface area contributed by atoms with Gasteiger partial charge in [0.05, 0.1) is 23.1 Å². The number of halogens is 2. The highest BCUT2D eigenvalue weighted by molar-refractivity contribution is 9.10. The Bertz CT molecular complexity index is 496. The quantitative estimate of drug-likeness (QED) is 0.826. The summed E-state index contributed by atoms with van der Waals surface area (Å²) in [5.74, 6) is -0.246. The van der Waals surface area contributed by atoms with E-state index in [0.717, 1.165) is 10.0 Å². The van der Waals surface area contributed by atoms with Crippen LogP contribution in [0, 0.1) is 5.92 Å². The van der Waals surface area contributed by atoms with Crippen molar-refractivity contribution in [3.63, 3.8) is 0 Å². The van der Waals surface area contributed by atoms with E-state index >= 15 is 0 Å². The SMILES string of the molecule is CCOC(=O)C1CCC(O)(c2ccc(Br)c(Cl)c2)CC1. The molecule has 110 valence electrons. The van der Waals surface area contributed by atoms with E-state index in [9.17, 15) is 9.90 Å². The zero-order chi connectivity index (χ0) is 14.8. The fourth-order valence-corrected chi connectivity index (χ4v) is 3.09. The molecule has 1 aromatic carbocycles. The Morgan fingerprint density at radius 3 is 2.70 bits per heavy atom. The first-order valence-corrected chi connectivity index (χ1v) is 7.98. The van der Waals surface area contributed by atoms with Crippen molar-refractivity contribution in [1.29, 1.82) is 0 Å². The summed E-state index contributed by atoms with van der Waals surface area (Å²) >= 11 is 9.43. The molecule has 20 heavy (non-hydrogen) atoms. The molecule has 1 fully saturated rings. The van der Waals surface area contributed by atoms with Crippen LogP contribution in [-0.2, 0) is 15.1 Å². The summed E-state index contributed by atoms with van der Waals surface area (Å²) in [5, 5.41) is 11.3. The molecule has 0 unspecified atom stereocenters. The molecule has 1 aliphatic carbocycles. The van der Waals surface area contributed by atoms with Gasteiger partial charge in [0.15, 0.2) is 0 Å². The first-order chi connectivity index (χ1) is 9.46. The second-order valence-electron chi connectivity index (χ2n) is 5.19. The van der Waals surface area contributed by atoms with Gasteiger partial charge >= 0.3 is 5.97 Å². The highest BCUT2D eigenvalue weighted by atomic mass is 79.9. The molecule has 0 atom stereocenters. The lowest BCUT2D eigenvalue weighted by Crippen LogP contribution is -2.34. The van der Waals surface area contributed by atoms with E-state index in [1.54, 1.807) is 13.0 Å². The van der Waals surface area contributed by atoms with Crippen LogP contribution in [0.2, 0.25) is 5.02 Å². The van der Waals surface area contributed by atoms with Crippen LogP contribution in [0.25, 0.3) is 0 Å². The Labute approximate surface area is 132 Å². The van der Waals surface area contributed by atoms with Crippen molar-refractivity contribution >= 4 is 33.5 Å². The smallest absolute Gasteiger partial charge is 0.308 e. The summed E-state index contributed by atoms with van der Waals surface area (Å²) in [6, 6.07) is 5.50. The maximum atomic E-state index is 11.7. The molecule has 0 bridgehead atoms. The first kappa shape index (κ1) is 15.8. The fourth-order valence-electron chi connectivity index (χ4n) is 2.67. The minimum atomic E-state index is -0.896. The van der Waals surface area contributed by atoms with E-state index in [1.165, 1.54) is 0 Å². The van der Waals surface area contributed by atoms with Gasteiger partial charge in [-0.25, -0.2) is 0 Å². The van der Waals surface area contributed by atoms with E-state index in [4.69, 9.17) is 16.3 Å². The summed E-state index contributed by atoms with van der Waals surface area (Å²) in [4.78, 5) is 11.7. The van der Waals surface area contributed by atoms with E-state index in [2.05, 4.69) is 15.9 Å². The molecule has 0 aliphatic heterocycles. The lowest BCUT2D eigenvalue weighted by molar-refractivity contribution is -0.151. The molecule has 1 aliphatic rings. The molecule has 1 aromatic rings. The monoisotopic (exact) mass is 360 g/mol. The summed E-state index contributed by atoms with van der Waals surface area (Å²) in [7, 11) is 0. The normalized spacial score (nSPS) is 26.3. The van der Waals surface area contributed by atoms with Crippen LogP contribution in [0.15, 0.2) is 22.7 Å². The molecule has 0 amide bonds. The van der Waals surface area contributed by atoms with Crippen LogP contribution >= 0.6 is 27.5 Å². The highest BCUT2D eigenvalue weighted by Gasteiger charge is 2.37. The number of hydrogen-bond acceptors (Lipinski definition) is 3. The fraction of sp³-hybridized carbons (Fsp3) is 0.533. The Hall–Kier alpha value is -0.580. The molecular formula is C15H18BrClO3. The standard InChI is InChI=1S/C15H18BrClO3/c1-2-20-14(18)10-5-7-15(19,8-6-10)11-3-4-12(16)13(17)9-11/h3-4,9-10,19H,2,5-8H2,1H3. The van der Waals surface area contributed by atoms with Crippen molar-refractivity contribution < 1.29 is 14.6 Å². The summed E-state index contributed by atoms with van der Waals surface area (Å²) in [5.41, 5.74) is -0.0825. The van der Waals surface area contributed by atoms with Gasteiger partial charge in [0.25, 0.3) is 0 Å². The predicted octanol–water partition coefficient (Wildman–Crippen LogP) is 4.04. The molecule has 0 heterocycles. The number of hydrogen-bond donors (Lipinski definition) is 1. The number of benzene rings is 1. The molecule has 0 radical (unpaired) electrons. The van der Waals surface area contributed by atoms with Crippen LogP contribution in [0.1, 0.15) is 38.2 Å². The van der Waals surface area contributed by atoms with Gasteiger partial charge in [0.1, 0.15) is 0 Å². The Morgan fingerprint density at radius 2 is 2.15 bits per heavy atom. The van der Waals surface area contributed by atoms with Crippen molar-refractivity contribution in [2.24, 2.45) is 5.92 Å². The van der Waals surface area contributed by atoms with Gasteiger partial charge < -0.3 is 9.84 Å². The van der Waals surface area contributed by atoms with Crippen molar-refractivity contribution in [1.82, 2.24) is 0 Å². The van der Waals surface area contributed by atoms with Gasteiger partial charge in [0, 0.05) is 4.47 Å². The van der Waals surface area contributed by atoms with E-state index < -0.39 is 5.60 Å². The number of carbonyl (C=O) groups excluding carboxylic acids is 1. The molecule has 3 nitrogen and oxygen atoms in total. The van der Waals surface area contributed by atoms with Crippen LogP contribution in [0.5, 0.6) is 0 Å². The van der Waals surface area contributed by atoms with Gasteiger partial charge in [-0.05, 0) is 66.2 Å². The first-order valence-electron chi connectivity index (χ1n) is 6.81. The minimum Gasteiger partial charge on any atom is -0.466 e. The Kier molecular flexibility index (Phi) is 5.10. The van der Waals surface area contributed by atoms with Gasteiger partial charge in [-0.1, -0.05) is 17.7 Å². The number of aliphatic hydroxyl groups is 1. The summed E-state index contributed by atoms with van der Waals surface area (Å²) < 4.78 is 5.85. The number of rotatable bonds is 3. The van der Waals surface area contributed by atoms with Crippen molar-refractivity contribution in [2.45, 2.75) is 38.2 Å². The van der Waals surface area contributed by atoms with Crippen molar-refractivity contribution in [3.8, 4) is 0 Å². The largest absolute Gasteiger partial charge is 0.466 e. The van der Waals surface area contributed by atoms with Gasteiger partial charge in [-0.3, -0.25) is 4.79 Å². The van der Waals surface area contributed by atoms with E-state index in [-0.39, 0.29) is 11.9 Å². The molecule has 0 aromatic heterocycles. The average molecular weight is 362 g/mol. The molecule has 1 N–H and O–H groups in total. The van der Waals surface area contributed by atoms with E-state index in [1.807, 2.05) is 12.1 Å². The van der Waals surface area contributed by atoms with Crippen molar-refractivity contribution in [3.05, 3.63) is 33.3 Å². The predicted molar refractivity (Wildman–Crippen MR) is 81.6 cm³/mol. The number of esters is 1. The third kappa shape index (κ3) is 3.35. The second kappa shape index (κ2) is 6.46. The molecule has 2 rings (SSSR count). The summed E-state index contributed by atoms with van der Waals surface area (Å²) in [6.07, 6.45) is 2.38. The average Bonchev–Trinajstić information content (AvgIpc) is 2.43. The Balaban J connectivity index is 2.07. The highest BCUT2D eigenvalue weighted by Crippen LogP contribution is 2.41. The third-order valence-electron chi connectivity index (χ3n) is 3.89. The topological polar surface area (TPSA) is 46.5 Å². The minimum absolute atomic E-state index is 0.0962.